The molecule has 1 aromatic rings. The summed E-state index contributed by atoms with van der Waals surface area (Å²) in [5.74, 6) is 1.04. The maximum atomic E-state index is 5.99. The van der Waals surface area contributed by atoms with Crippen molar-refractivity contribution in [3.63, 3.8) is 0 Å². The van der Waals surface area contributed by atoms with Gasteiger partial charge in [-0.05, 0) is 32.4 Å². The molecule has 1 aliphatic rings. The van der Waals surface area contributed by atoms with Crippen LogP contribution in [0.1, 0.15) is 20.8 Å². The van der Waals surface area contributed by atoms with Gasteiger partial charge in [0.2, 0.25) is 17.2 Å². The quantitative estimate of drug-likeness (QED) is 0.854. The molecule has 0 unspecified atom stereocenters. The summed E-state index contributed by atoms with van der Waals surface area (Å²) in [6.07, 6.45) is 0. The molecule has 0 saturated carbocycles. The Morgan fingerprint density at radius 2 is 2.00 bits per heavy atom. The fraction of sp³-hybridized carbons (Fsp3) is 0.769. The Hall–Kier alpha value is -1.18. The summed E-state index contributed by atoms with van der Waals surface area (Å²) in [6, 6.07) is 0. The molecule has 21 heavy (non-hydrogen) atoms. The lowest BCUT2D eigenvalue weighted by Gasteiger charge is -2.27. The zero-order chi connectivity index (χ0) is 15.3. The molecule has 1 aromatic heterocycles. The molecule has 2 rings (SSSR count). The van der Waals surface area contributed by atoms with Crippen LogP contribution in [0.3, 0.4) is 0 Å². The van der Waals surface area contributed by atoms with Crippen LogP contribution in [-0.4, -0.2) is 60.0 Å². The minimum Gasteiger partial charge on any atom is -0.378 e. The van der Waals surface area contributed by atoms with Crippen LogP contribution in [0, 0.1) is 0 Å². The first-order chi connectivity index (χ1) is 10.00. The third kappa shape index (κ3) is 4.94. The second-order valence-corrected chi connectivity index (χ2v) is 5.71. The summed E-state index contributed by atoms with van der Waals surface area (Å²) < 4.78 is 11.0. The predicted molar refractivity (Wildman–Crippen MR) is 82.1 cm³/mol. The van der Waals surface area contributed by atoms with Gasteiger partial charge in [0.15, 0.2) is 0 Å². The van der Waals surface area contributed by atoms with Crippen molar-refractivity contribution in [2.75, 3.05) is 49.7 Å². The van der Waals surface area contributed by atoms with Crippen LogP contribution in [-0.2, 0) is 9.47 Å². The van der Waals surface area contributed by atoms with E-state index in [-0.39, 0.29) is 10.9 Å². The molecule has 0 atom stereocenters. The molecule has 0 aromatic carbocycles. The Labute approximate surface area is 130 Å². The van der Waals surface area contributed by atoms with E-state index in [0.29, 0.717) is 38.3 Å². The number of nitrogens with one attached hydrogen (secondary N) is 1. The Morgan fingerprint density at radius 3 is 2.67 bits per heavy atom. The number of anilines is 2. The molecule has 2 heterocycles. The van der Waals surface area contributed by atoms with Gasteiger partial charge in [-0.15, -0.1) is 0 Å². The van der Waals surface area contributed by atoms with Crippen LogP contribution in [0.25, 0.3) is 0 Å². The zero-order valence-corrected chi connectivity index (χ0v) is 13.5. The summed E-state index contributed by atoms with van der Waals surface area (Å²) in [5, 5.41) is 3.34. The number of morpholine rings is 1. The van der Waals surface area contributed by atoms with Gasteiger partial charge in [-0.3, -0.25) is 0 Å². The van der Waals surface area contributed by atoms with E-state index in [1.165, 1.54) is 0 Å². The Bertz CT molecular complexity index is 466. The SMILES string of the molecule is CCOC(C)(C)CNc1nc(Cl)nc(N2CCOCC2)n1. The van der Waals surface area contributed by atoms with Crippen LogP contribution < -0.4 is 10.2 Å². The molecule has 0 aliphatic carbocycles. The Balaban J connectivity index is 2.04. The van der Waals surface area contributed by atoms with Crippen LogP contribution in [0.5, 0.6) is 0 Å². The minimum atomic E-state index is -0.299. The van der Waals surface area contributed by atoms with Crippen molar-refractivity contribution in [1.29, 1.82) is 0 Å². The van der Waals surface area contributed by atoms with Crippen molar-refractivity contribution < 1.29 is 9.47 Å². The number of hydrogen-bond acceptors (Lipinski definition) is 7. The molecule has 1 fully saturated rings. The molecule has 0 radical (unpaired) electrons. The first kappa shape index (κ1) is 16.2. The zero-order valence-electron chi connectivity index (χ0n) is 12.7. The Kier molecular flexibility index (Phi) is 5.55. The molecule has 0 amide bonds. The topological polar surface area (TPSA) is 72.4 Å². The van der Waals surface area contributed by atoms with Crippen LogP contribution in [0.15, 0.2) is 0 Å². The van der Waals surface area contributed by atoms with E-state index in [1.54, 1.807) is 0 Å². The molecule has 8 heteroatoms. The summed E-state index contributed by atoms with van der Waals surface area (Å²) >= 11 is 5.99. The van der Waals surface area contributed by atoms with Gasteiger partial charge < -0.3 is 19.7 Å². The lowest BCUT2D eigenvalue weighted by atomic mass is 10.1. The summed E-state index contributed by atoms with van der Waals surface area (Å²) in [6.45, 7) is 10.1. The highest BCUT2D eigenvalue weighted by atomic mass is 35.5. The third-order valence-electron chi connectivity index (χ3n) is 3.10. The van der Waals surface area contributed by atoms with Gasteiger partial charge in [0.05, 0.1) is 18.8 Å². The van der Waals surface area contributed by atoms with Crippen LogP contribution in [0.2, 0.25) is 5.28 Å². The standard InChI is InChI=1S/C13H22ClN5O2/c1-4-21-13(2,3)9-15-11-16-10(14)17-12(18-11)19-5-7-20-8-6-19/h4-9H2,1-3H3,(H,15,16,17,18). The fourth-order valence-corrected chi connectivity index (χ4v) is 2.21. The summed E-state index contributed by atoms with van der Waals surface area (Å²) in [5.41, 5.74) is -0.299. The van der Waals surface area contributed by atoms with E-state index in [1.807, 2.05) is 25.7 Å². The number of nitrogens with zero attached hydrogens (tertiary/aromatic N) is 4. The first-order valence-electron chi connectivity index (χ1n) is 7.12. The predicted octanol–water partition coefficient (Wildman–Crippen LogP) is 1.59. The second kappa shape index (κ2) is 7.20. The normalized spacial score (nSPS) is 16.1. The van der Waals surface area contributed by atoms with Gasteiger partial charge >= 0.3 is 0 Å². The van der Waals surface area contributed by atoms with Gasteiger partial charge in [-0.1, -0.05) is 0 Å². The minimum absolute atomic E-state index is 0.184. The monoisotopic (exact) mass is 315 g/mol. The number of rotatable bonds is 6. The number of hydrogen-bond donors (Lipinski definition) is 1. The molecule has 1 saturated heterocycles. The maximum absolute atomic E-state index is 5.99. The third-order valence-corrected chi connectivity index (χ3v) is 3.27. The van der Waals surface area contributed by atoms with Crippen molar-refractivity contribution in [3.8, 4) is 0 Å². The van der Waals surface area contributed by atoms with E-state index in [9.17, 15) is 0 Å². The molecule has 118 valence electrons. The number of ether oxygens (including phenoxy) is 2. The van der Waals surface area contributed by atoms with Crippen LogP contribution >= 0.6 is 11.6 Å². The lowest BCUT2D eigenvalue weighted by Crippen LogP contribution is -2.38. The van der Waals surface area contributed by atoms with E-state index in [0.717, 1.165) is 13.1 Å². The van der Waals surface area contributed by atoms with Gasteiger partial charge in [0.1, 0.15) is 0 Å². The summed E-state index contributed by atoms with van der Waals surface area (Å²) in [7, 11) is 0. The fourth-order valence-electron chi connectivity index (χ4n) is 2.06. The number of halogens is 1. The highest BCUT2D eigenvalue weighted by Crippen LogP contribution is 2.16. The van der Waals surface area contributed by atoms with Crippen molar-refractivity contribution in [2.24, 2.45) is 0 Å². The molecule has 1 N–H and O–H groups in total. The first-order valence-corrected chi connectivity index (χ1v) is 7.50. The van der Waals surface area contributed by atoms with Crippen molar-refractivity contribution in [1.82, 2.24) is 15.0 Å². The van der Waals surface area contributed by atoms with Crippen molar-refractivity contribution in [3.05, 3.63) is 5.28 Å². The average Bonchev–Trinajstić information content (AvgIpc) is 2.46. The molecule has 0 bridgehead atoms. The highest BCUT2D eigenvalue weighted by Gasteiger charge is 2.19. The number of aromatic nitrogens is 3. The highest BCUT2D eigenvalue weighted by molar-refractivity contribution is 6.28. The molecule has 7 nitrogen and oxygen atoms in total. The molecule has 0 spiro atoms. The second-order valence-electron chi connectivity index (χ2n) is 5.37. The largest absolute Gasteiger partial charge is 0.378 e. The van der Waals surface area contributed by atoms with E-state index < -0.39 is 0 Å². The van der Waals surface area contributed by atoms with Crippen molar-refractivity contribution in [2.45, 2.75) is 26.4 Å². The van der Waals surface area contributed by atoms with Gasteiger partial charge in [-0.2, -0.15) is 15.0 Å². The smallest absolute Gasteiger partial charge is 0.231 e. The van der Waals surface area contributed by atoms with Gasteiger partial charge in [0.25, 0.3) is 0 Å². The molecule has 1 aliphatic heterocycles. The van der Waals surface area contributed by atoms with E-state index >= 15 is 0 Å². The average molecular weight is 316 g/mol. The van der Waals surface area contributed by atoms with E-state index in [4.69, 9.17) is 21.1 Å². The van der Waals surface area contributed by atoms with Gasteiger partial charge in [0, 0.05) is 26.2 Å². The van der Waals surface area contributed by atoms with Crippen molar-refractivity contribution >= 4 is 23.5 Å². The van der Waals surface area contributed by atoms with Crippen LogP contribution in [0.4, 0.5) is 11.9 Å². The van der Waals surface area contributed by atoms with Gasteiger partial charge in [-0.25, -0.2) is 0 Å². The van der Waals surface area contributed by atoms with E-state index in [2.05, 4.69) is 20.3 Å². The maximum Gasteiger partial charge on any atom is 0.231 e. The molecular formula is C13H22ClN5O2. The lowest BCUT2D eigenvalue weighted by molar-refractivity contribution is 0.000579. The summed E-state index contributed by atoms with van der Waals surface area (Å²) in [4.78, 5) is 14.7. The molecular weight excluding hydrogens is 294 g/mol. The Morgan fingerprint density at radius 1 is 1.29 bits per heavy atom.